The van der Waals surface area contributed by atoms with E-state index in [9.17, 15) is 13.2 Å². The molecule has 0 aromatic heterocycles. The second-order valence-electron chi connectivity index (χ2n) is 8.11. The third-order valence-corrected chi connectivity index (χ3v) is 6.17. The molecule has 0 N–H and O–H groups in total. The fraction of sp³-hybridized carbons (Fsp3) is 0.259. The van der Waals surface area contributed by atoms with Gasteiger partial charge in [-0.1, -0.05) is 60.7 Å². The zero-order chi connectivity index (χ0) is 21.3. The summed E-state index contributed by atoms with van der Waals surface area (Å²) >= 11 is 0. The fourth-order valence-corrected chi connectivity index (χ4v) is 4.17. The molecule has 154 valence electrons. The van der Waals surface area contributed by atoms with E-state index in [2.05, 4.69) is 12.7 Å². The number of hydrogen-bond donors (Lipinski definition) is 0. The van der Waals surface area contributed by atoms with Crippen molar-refractivity contribution >= 4 is 11.1 Å². The van der Waals surface area contributed by atoms with Crippen molar-refractivity contribution in [1.29, 1.82) is 0 Å². The minimum absolute atomic E-state index is 0.237. The van der Waals surface area contributed by atoms with E-state index in [-0.39, 0.29) is 5.82 Å². The lowest BCUT2D eigenvalue weighted by Gasteiger charge is -2.21. The minimum Gasteiger partial charge on any atom is -0.239 e. The zero-order valence-electron chi connectivity index (χ0n) is 17.0. The summed E-state index contributed by atoms with van der Waals surface area (Å²) in [7, 11) is 0. The van der Waals surface area contributed by atoms with E-state index < -0.39 is 12.3 Å². The van der Waals surface area contributed by atoms with Crippen LogP contribution in [0, 0.1) is 11.7 Å². The van der Waals surface area contributed by atoms with Crippen LogP contribution in [0.2, 0.25) is 0 Å². The van der Waals surface area contributed by atoms with Crippen LogP contribution in [-0.2, 0) is 0 Å². The molecule has 0 bridgehead atoms. The number of hydrogen-bond acceptors (Lipinski definition) is 0. The maximum atomic E-state index is 14.8. The van der Waals surface area contributed by atoms with Crippen molar-refractivity contribution in [2.24, 2.45) is 5.92 Å². The molecular weight excluding hydrogens is 381 g/mol. The van der Waals surface area contributed by atoms with Gasteiger partial charge in [-0.2, -0.15) is 0 Å². The second-order valence-corrected chi connectivity index (χ2v) is 8.11. The first-order valence-electron chi connectivity index (χ1n) is 10.4. The van der Waals surface area contributed by atoms with Crippen LogP contribution >= 0.6 is 0 Å². The highest BCUT2D eigenvalue weighted by atomic mass is 19.2. The van der Waals surface area contributed by atoms with E-state index in [4.69, 9.17) is 0 Å². The van der Waals surface area contributed by atoms with Gasteiger partial charge in [0.25, 0.3) is 0 Å². The van der Waals surface area contributed by atoms with Crippen LogP contribution in [0.5, 0.6) is 0 Å². The highest BCUT2D eigenvalue weighted by Crippen LogP contribution is 2.35. The molecule has 0 saturated carbocycles. The van der Waals surface area contributed by atoms with Crippen molar-refractivity contribution in [1.82, 2.24) is 0 Å². The van der Waals surface area contributed by atoms with Gasteiger partial charge < -0.3 is 0 Å². The molecule has 0 aliphatic heterocycles. The predicted molar refractivity (Wildman–Crippen MR) is 119 cm³/mol. The molecule has 2 aliphatic rings. The highest BCUT2D eigenvalue weighted by Gasteiger charge is 2.29. The summed E-state index contributed by atoms with van der Waals surface area (Å²) in [6.07, 6.45) is 6.82. The van der Waals surface area contributed by atoms with E-state index in [1.165, 1.54) is 0 Å². The van der Waals surface area contributed by atoms with Gasteiger partial charge in [-0.15, -0.1) is 6.58 Å². The first-order chi connectivity index (χ1) is 14.5. The maximum Gasteiger partial charge on any atom is 0.161 e. The van der Waals surface area contributed by atoms with E-state index in [0.717, 1.165) is 36.0 Å². The number of alkyl halides is 2. The van der Waals surface area contributed by atoms with Crippen molar-refractivity contribution in [2.45, 2.75) is 38.5 Å². The van der Waals surface area contributed by atoms with Crippen molar-refractivity contribution in [3.8, 4) is 11.1 Å². The fourth-order valence-electron chi connectivity index (χ4n) is 4.17. The Balaban J connectivity index is 1.56. The summed E-state index contributed by atoms with van der Waals surface area (Å²) in [6, 6.07) is 12.5. The topological polar surface area (TPSA) is 0 Å². The quantitative estimate of drug-likeness (QED) is 0.453. The van der Waals surface area contributed by atoms with Crippen LogP contribution in [0.1, 0.15) is 37.3 Å². The molecular formula is C27H25F3. The van der Waals surface area contributed by atoms with Gasteiger partial charge in [0.15, 0.2) is 12.3 Å². The Bertz CT molecular complexity index is 1040. The van der Waals surface area contributed by atoms with Crippen LogP contribution in [0.3, 0.4) is 0 Å². The average molecular weight is 406 g/mol. The summed E-state index contributed by atoms with van der Waals surface area (Å²) in [5.41, 5.74) is 4.67. The lowest BCUT2D eigenvalue weighted by atomic mass is 9.86. The lowest BCUT2D eigenvalue weighted by Crippen LogP contribution is -2.22. The number of halogens is 3. The van der Waals surface area contributed by atoms with Gasteiger partial charge in [0.1, 0.15) is 5.82 Å². The van der Waals surface area contributed by atoms with E-state index in [1.54, 1.807) is 37.3 Å². The van der Waals surface area contributed by atoms with E-state index in [0.29, 0.717) is 28.2 Å². The summed E-state index contributed by atoms with van der Waals surface area (Å²) in [5.74, 6) is 0.240. The first kappa shape index (κ1) is 20.5. The Morgan fingerprint density at radius 1 is 0.933 bits per heavy atom. The van der Waals surface area contributed by atoms with Crippen LogP contribution in [0.25, 0.3) is 22.3 Å². The Morgan fingerprint density at radius 2 is 1.63 bits per heavy atom. The van der Waals surface area contributed by atoms with Gasteiger partial charge in [0.2, 0.25) is 0 Å². The molecule has 0 nitrogen and oxygen atoms in total. The number of rotatable bonds is 4. The molecule has 2 aliphatic carbocycles. The number of allylic oxidation sites excluding steroid dienone is 7. The molecule has 3 heteroatoms. The number of benzene rings is 2. The summed E-state index contributed by atoms with van der Waals surface area (Å²) in [4.78, 5) is 0. The van der Waals surface area contributed by atoms with Gasteiger partial charge in [0.05, 0.1) is 0 Å². The van der Waals surface area contributed by atoms with E-state index in [1.807, 2.05) is 30.3 Å². The first-order valence-corrected chi connectivity index (χ1v) is 10.4. The van der Waals surface area contributed by atoms with Gasteiger partial charge in [0, 0.05) is 5.56 Å². The Kier molecular flexibility index (Phi) is 5.80. The normalized spacial score (nSPS) is 24.0. The minimum atomic E-state index is -1.66. The maximum absolute atomic E-state index is 14.8. The molecule has 0 spiro atoms. The average Bonchev–Trinajstić information content (AvgIpc) is 2.78. The van der Waals surface area contributed by atoms with Crippen LogP contribution in [0.15, 0.2) is 78.9 Å². The third kappa shape index (κ3) is 3.94. The molecule has 3 atom stereocenters. The molecule has 2 aromatic rings. The Hall–Kier alpha value is -2.81. The van der Waals surface area contributed by atoms with Crippen molar-refractivity contribution in [2.75, 3.05) is 0 Å². The lowest BCUT2D eigenvalue weighted by molar-refractivity contribution is 0.242. The Labute approximate surface area is 176 Å². The molecule has 0 saturated heterocycles. The highest BCUT2D eigenvalue weighted by molar-refractivity contribution is 5.76. The zero-order valence-corrected chi connectivity index (χ0v) is 17.0. The molecule has 30 heavy (non-hydrogen) atoms. The third-order valence-electron chi connectivity index (χ3n) is 6.17. The molecule has 0 radical (unpaired) electrons. The van der Waals surface area contributed by atoms with Crippen LogP contribution < -0.4 is 0 Å². The van der Waals surface area contributed by atoms with Crippen LogP contribution in [0.4, 0.5) is 13.2 Å². The monoisotopic (exact) mass is 406 g/mol. The van der Waals surface area contributed by atoms with Crippen LogP contribution in [-0.4, -0.2) is 12.3 Å². The molecule has 3 unspecified atom stereocenters. The van der Waals surface area contributed by atoms with Gasteiger partial charge in [-0.25, -0.2) is 13.2 Å². The molecule has 0 heterocycles. The largest absolute Gasteiger partial charge is 0.239 e. The predicted octanol–water partition coefficient (Wildman–Crippen LogP) is 7.88. The van der Waals surface area contributed by atoms with Crippen molar-refractivity contribution in [3.63, 3.8) is 0 Å². The standard InChI is InChI=1S/C27H25F3/c1-3-18-5-7-20(8-6-18)23-15-13-22(16-25(23)28)19-9-11-21(12-10-19)24-14-4-17(2)26(29)27(24)30/h3-4,7,9-16,18,26-27H,1,5-6,8H2,2H3. The smallest absolute Gasteiger partial charge is 0.161 e. The molecule has 0 amide bonds. The van der Waals surface area contributed by atoms with E-state index >= 15 is 0 Å². The summed E-state index contributed by atoms with van der Waals surface area (Å²) in [5, 5.41) is 0. The van der Waals surface area contributed by atoms with Gasteiger partial charge in [-0.05, 0) is 71.6 Å². The molecule has 2 aromatic carbocycles. The van der Waals surface area contributed by atoms with Crippen molar-refractivity contribution in [3.05, 3.63) is 95.9 Å². The second kappa shape index (κ2) is 8.51. The van der Waals surface area contributed by atoms with Gasteiger partial charge in [-0.3, -0.25) is 0 Å². The molecule has 4 rings (SSSR count). The Morgan fingerprint density at radius 3 is 2.27 bits per heavy atom. The molecule has 0 fully saturated rings. The summed E-state index contributed by atoms with van der Waals surface area (Å²) < 4.78 is 43.2. The van der Waals surface area contributed by atoms with Crippen molar-refractivity contribution < 1.29 is 13.2 Å². The van der Waals surface area contributed by atoms with Gasteiger partial charge >= 0.3 is 0 Å². The summed E-state index contributed by atoms with van der Waals surface area (Å²) in [6.45, 7) is 5.43. The SMILES string of the molecule is C=CC1CC=C(c2ccc(-c3ccc(C4=CC=C(C)C(F)C4F)cc3)cc2F)CC1.